The van der Waals surface area contributed by atoms with E-state index in [2.05, 4.69) is 69.2 Å². The molecule has 0 fully saturated rings. The number of phenolic OH excluding ortho intramolecular Hbond substituents is 11. The van der Waals surface area contributed by atoms with Crippen molar-refractivity contribution in [2.45, 2.75) is 258 Å². The lowest BCUT2D eigenvalue weighted by atomic mass is 9.98. The SMILES string of the molecule is CC(C)c1c(F)cc(O)cc1F.CC(C)c1cc(F)c(O)c(F)c1.CC(C)c1cc(F)c(O)cc1F.CC(C)c1ccc(O)c(Cl)c1.CC(C)c1ccc(O)c(Cl)c1F.CC(C)c1ccc(O)c(F)c1F.CC(C)c1ccc(O)cc1.CC(C)c1ccc(O)cc1F.COc1cc(C(C)C)ccc1O.Cc1cc(C(C)C)ccc1O.Cc1cc(O)c(F)cc1C(C)C.Cc1ccc(C(C)C)cc1F. The van der Waals surface area contributed by atoms with E-state index in [1.807, 2.05) is 124 Å². The number of ether oxygens (including phenoxy) is 1. The average Bonchev–Trinajstić information content (AvgIpc) is 0.848. The zero-order chi connectivity index (χ0) is 106. The molecule has 0 aromatic heterocycles. The number of hydrogen-bond acceptors (Lipinski definition) is 12. The lowest BCUT2D eigenvalue weighted by Crippen LogP contribution is -1.97. The zero-order valence-corrected chi connectivity index (χ0v) is 85.5. The Labute approximate surface area is 817 Å². The fourth-order valence-electron chi connectivity index (χ4n) is 12.1. The fraction of sp³-hybridized carbons (Fsp3) is 0.357. The van der Waals surface area contributed by atoms with Gasteiger partial charge in [0.15, 0.2) is 63.6 Å². The van der Waals surface area contributed by atoms with E-state index in [0.717, 1.165) is 81.9 Å². The van der Waals surface area contributed by atoms with Gasteiger partial charge in [-0.1, -0.05) is 256 Å². The summed E-state index contributed by atoms with van der Waals surface area (Å²) in [7, 11) is 1.55. The third kappa shape index (κ3) is 42.1. The number of halogens is 14. The van der Waals surface area contributed by atoms with Crippen LogP contribution in [0.25, 0.3) is 0 Å². The molecule has 0 radical (unpaired) electrons. The predicted octanol–water partition coefficient (Wildman–Crippen LogP) is 34.4. The predicted molar refractivity (Wildman–Crippen MR) is 535 cm³/mol. The molecule has 0 heterocycles. The Morgan fingerprint density at radius 3 is 0.993 bits per heavy atom. The molecule has 0 aliphatic rings. The summed E-state index contributed by atoms with van der Waals surface area (Å²) in [5.41, 5.74) is 11.8. The summed E-state index contributed by atoms with van der Waals surface area (Å²) in [4.78, 5) is 0. The maximum atomic E-state index is 13.2. The smallest absolute Gasteiger partial charge is 0.200 e. The summed E-state index contributed by atoms with van der Waals surface area (Å²) < 4.78 is 160. The molecule has 12 aromatic carbocycles. The summed E-state index contributed by atoms with van der Waals surface area (Å²) >= 11 is 11.2. The first-order chi connectivity index (χ1) is 63.9. The first kappa shape index (κ1) is 124. The molecule has 12 rings (SSSR count). The van der Waals surface area contributed by atoms with Crippen LogP contribution in [-0.4, -0.2) is 63.3 Å². The van der Waals surface area contributed by atoms with Crippen LogP contribution in [0.2, 0.25) is 10.0 Å². The van der Waals surface area contributed by atoms with Gasteiger partial charge in [-0.2, -0.15) is 4.39 Å². The number of rotatable bonds is 13. The summed E-state index contributed by atoms with van der Waals surface area (Å²) in [6.07, 6.45) is 0. The molecule has 11 N–H and O–H groups in total. The van der Waals surface area contributed by atoms with Gasteiger partial charge in [0, 0.05) is 29.8 Å². The molecular weight excluding hydrogens is 1840 g/mol. The molecule has 138 heavy (non-hydrogen) atoms. The molecule has 0 aliphatic carbocycles. The lowest BCUT2D eigenvalue weighted by Gasteiger charge is -2.09. The lowest BCUT2D eigenvalue weighted by molar-refractivity contribution is 0.372. The van der Waals surface area contributed by atoms with Crippen molar-refractivity contribution < 1.29 is 114 Å². The zero-order valence-electron chi connectivity index (χ0n) is 83.9. The topological polar surface area (TPSA) is 232 Å². The normalized spacial score (nSPS) is 10.6. The van der Waals surface area contributed by atoms with E-state index < -0.39 is 75.4 Å². The average molecular weight is 1980 g/mol. The van der Waals surface area contributed by atoms with Gasteiger partial charge in [0.1, 0.15) is 74.4 Å². The number of aromatic hydroxyl groups is 11. The molecule has 756 valence electrons. The van der Waals surface area contributed by atoms with E-state index in [0.29, 0.717) is 74.5 Å². The monoisotopic (exact) mass is 1970 g/mol. The van der Waals surface area contributed by atoms with Gasteiger partial charge in [-0.3, -0.25) is 0 Å². The largest absolute Gasteiger partial charge is 0.508 e. The Morgan fingerprint density at radius 1 is 0.217 bits per heavy atom. The van der Waals surface area contributed by atoms with Crippen molar-refractivity contribution in [2.24, 2.45) is 0 Å². The molecule has 0 aliphatic heterocycles. The van der Waals surface area contributed by atoms with Crippen molar-refractivity contribution in [1.29, 1.82) is 0 Å². The molecule has 12 aromatic rings. The van der Waals surface area contributed by atoms with Crippen LogP contribution in [0.1, 0.15) is 321 Å². The summed E-state index contributed by atoms with van der Waals surface area (Å²) in [5, 5.41) is 98.9. The number of phenols is 11. The van der Waals surface area contributed by atoms with E-state index in [9.17, 15) is 62.9 Å². The van der Waals surface area contributed by atoms with E-state index >= 15 is 0 Å². The highest BCUT2D eigenvalue weighted by molar-refractivity contribution is 6.32. The second kappa shape index (κ2) is 60.0. The standard InChI is InChI=1S/C10H13FO.C10H13F.C10H14O2.C10H14O.C9H10ClFO.C9H11ClO.4C9H10F2O.C9H11FO.C9H12O/c1-6(2)8-5-9(11)10(12)4-7(8)3;1-7(2)9-5-4-8(3)10(11)6-9;1-7(2)8-4-5-9(11)10(6-8)12-3;1-7(2)9-4-5-10(11)8(3)6-9;1-5(2)6-3-4-7(12)8(10)9(6)11;1-6(2)7-3-4-9(11)8(10)5-7;1-5(2)6-3-8(11)9(12)4-7(6)10;1-5(2)9-7(10)3-6(12)4-8(9)11;1-5(2)6-3-7(10)9(12)8(11)4-6;1-5(2)6-3-4-7(12)9(11)8(6)10;1-6(2)8-4-3-7(11)5-9(8)10;1-7(2)8-3-5-9(10)6-4-8/h4-6,12H,1-3H3;4-7H,1-3H3;4-7,11H,1-3H3;4-7,11H,1-3H3;3-5,12H,1-2H3;3-6,11H,1-2H3;4*3-5,12H,1-2H3;3-6,11H,1-2H3;3-7,10H,1-2H3. The number of aryl methyl sites for hydroxylation is 3. The minimum atomic E-state index is -1.17. The summed E-state index contributed by atoms with van der Waals surface area (Å²) in [6.45, 7) is 52.2. The number of benzene rings is 12. The minimum Gasteiger partial charge on any atom is -0.508 e. The minimum absolute atomic E-state index is 0.0211. The van der Waals surface area contributed by atoms with E-state index in [4.69, 9.17) is 73.9 Å². The van der Waals surface area contributed by atoms with Crippen LogP contribution in [-0.2, 0) is 0 Å². The molecule has 26 heteroatoms. The second-order valence-corrected chi connectivity index (χ2v) is 36.9. The first-order valence-corrected chi connectivity index (χ1v) is 45.7. The Morgan fingerprint density at radius 2 is 0.572 bits per heavy atom. The van der Waals surface area contributed by atoms with Gasteiger partial charge in [-0.05, 0) is 267 Å². The van der Waals surface area contributed by atoms with Crippen molar-refractivity contribution in [3.05, 3.63) is 351 Å². The van der Waals surface area contributed by atoms with Crippen molar-refractivity contribution >= 4 is 23.2 Å². The maximum absolute atomic E-state index is 13.2. The van der Waals surface area contributed by atoms with Gasteiger partial charge >= 0.3 is 0 Å². The third-order valence-corrected chi connectivity index (χ3v) is 21.5. The second-order valence-electron chi connectivity index (χ2n) is 36.1. The molecular formula is C112H138Cl2F12O12. The van der Waals surface area contributed by atoms with Crippen LogP contribution >= 0.6 is 23.2 Å². The number of hydrogen-bond donors (Lipinski definition) is 11. The van der Waals surface area contributed by atoms with Crippen molar-refractivity contribution in [3.63, 3.8) is 0 Å². The Kier molecular flexibility index (Phi) is 53.9. The van der Waals surface area contributed by atoms with Crippen molar-refractivity contribution in [3.8, 4) is 69.0 Å². The van der Waals surface area contributed by atoms with Crippen molar-refractivity contribution in [2.75, 3.05) is 7.11 Å². The Balaban J connectivity index is 0.000000753. The third-order valence-electron chi connectivity index (χ3n) is 20.8. The molecule has 0 saturated carbocycles. The van der Waals surface area contributed by atoms with Crippen LogP contribution in [0.3, 0.4) is 0 Å². The Hall–Kier alpha value is -12.0. The van der Waals surface area contributed by atoms with Crippen molar-refractivity contribution in [1.82, 2.24) is 0 Å². The molecule has 0 saturated heterocycles. The van der Waals surface area contributed by atoms with Gasteiger partial charge in [-0.15, -0.1) is 0 Å². The van der Waals surface area contributed by atoms with E-state index in [1.165, 1.54) is 47.0 Å². The van der Waals surface area contributed by atoms with E-state index in [1.54, 1.807) is 110 Å². The molecule has 12 nitrogen and oxygen atoms in total. The summed E-state index contributed by atoms with van der Waals surface area (Å²) in [5.74, 6) is -7.01. The van der Waals surface area contributed by atoms with Crippen LogP contribution in [0.4, 0.5) is 52.7 Å². The number of methoxy groups -OCH3 is 1. The highest BCUT2D eigenvalue weighted by Gasteiger charge is 2.20. The van der Waals surface area contributed by atoms with Gasteiger partial charge < -0.3 is 60.9 Å². The van der Waals surface area contributed by atoms with Crippen LogP contribution < -0.4 is 4.74 Å². The van der Waals surface area contributed by atoms with Gasteiger partial charge in [0.25, 0.3) is 0 Å². The quantitative estimate of drug-likeness (QED) is 0.0484. The first-order valence-electron chi connectivity index (χ1n) is 45.0. The van der Waals surface area contributed by atoms with Gasteiger partial charge in [0.2, 0.25) is 5.82 Å². The molecule has 0 amide bonds. The maximum Gasteiger partial charge on any atom is 0.200 e. The summed E-state index contributed by atoms with van der Waals surface area (Å²) in [6, 6.07) is 47.7. The molecule has 0 unspecified atom stereocenters. The molecule has 0 atom stereocenters. The van der Waals surface area contributed by atoms with Gasteiger partial charge in [-0.25, -0.2) is 48.3 Å². The fourth-order valence-corrected chi connectivity index (χ4v) is 12.5. The van der Waals surface area contributed by atoms with Crippen LogP contribution in [0, 0.1) is 90.6 Å². The van der Waals surface area contributed by atoms with E-state index in [-0.39, 0.29) is 103 Å². The highest BCUT2D eigenvalue weighted by atomic mass is 35.5. The van der Waals surface area contributed by atoms with Crippen LogP contribution in [0.5, 0.6) is 69.0 Å². The molecule has 0 spiro atoms. The van der Waals surface area contributed by atoms with Crippen LogP contribution in [0.15, 0.2) is 188 Å². The van der Waals surface area contributed by atoms with Gasteiger partial charge in [0.05, 0.1) is 12.1 Å². The Bertz CT molecular complexity index is 5450. The highest BCUT2D eigenvalue weighted by Crippen LogP contribution is 2.36. The molecule has 0 bridgehead atoms.